The van der Waals surface area contributed by atoms with E-state index in [2.05, 4.69) is 126 Å². The van der Waals surface area contributed by atoms with E-state index in [9.17, 15) is 0 Å². The van der Waals surface area contributed by atoms with Crippen LogP contribution in [0.25, 0.3) is 11.3 Å². The van der Waals surface area contributed by atoms with Crippen LogP contribution in [0.3, 0.4) is 0 Å². The highest BCUT2D eigenvalue weighted by atomic mass is 32.3. The van der Waals surface area contributed by atoms with Gasteiger partial charge in [0.25, 0.3) is 0 Å². The van der Waals surface area contributed by atoms with Crippen molar-refractivity contribution < 1.29 is 0 Å². The molecule has 0 saturated heterocycles. The van der Waals surface area contributed by atoms with Crippen LogP contribution in [0.2, 0.25) is 0 Å². The van der Waals surface area contributed by atoms with Crippen molar-refractivity contribution >= 4 is 10.0 Å². The summed E-state index contributed by atoms with van der Waals surface area (Å²) >= 11 is 0. The minimum absolute atomic E-state index is 0.992. The van der Waals surface area contributed by atoms with Gasteiger partial charge in [-0.3, -0.25) is 4.98 Å². The molecule has 0 spiro atoms. The van der Waals surface area contributed by atoms with Crippen LogP contribution in [0.5, 0.6) is 0 Å². The van der Waals surface area contributed by atoms with Gasteiger partial charge in [-0.2, -0.15) is 0 Å². The van der Waals surface area contributed by atoms with Gasteiger partial charge in [0.1, 0.15) is 0 Å². The van der Waals surface area contributed by atoms with Crippen molar-refractivity contribution in [2.75, 3.05) is 0 Å². The average Bonchev–Trinajstić information content (AvgIpc) is 2.87. The summed E-state index contributed by atoms with van der Waals surface area (Å²) < 4.78 is 0. The van der Waals surface area contributed by atoms with E-state index in [4.69, 9.17) is 0 Å². The molecule has 0 fully saturated rings. The lowest BCUT2D eigenvalue weighted by Gasteiger charge is -2.42. The van der Waals surface area contributed by atoms with Gasteiger partial charge in [-0.05, 0) is 60.7 Å². The Hall–Kier alpha value is -3.62. The molecule has 0 amide bonds. The quantitative estimate of drug-likeness (QED) is 0.281. The fourth-order valence-electron chi connectivity index (χ4n) is 4.07. The standard InChI is InChI=1S/C29H23NS/c1-4-14-25(15-5-1)31(26-16-6-2-7-17-26,27-18-8-3-9-19-27)28-20-12-13-24(23-28)29-21-10-11-22-30-29/h1-23H. The first-order valence-corrected chi connectivity index (χ1v) is 12.0. The maximum Gasteiger partial charge on any atom is 0.0702 e. The predicted molar refractivity (Wildman–Crippen MR) is 130 cm³/mol. The zero-order valence-corrected chi connectivity index (χ0v) is 18.0. The molecule has 0 unspecified atom stereocenters. The molecule has 0 radical (unpaired) electrons. The van der Waals surface area contributed by atoms with Gasteiger partial charge >= 0.3 is 0 Å². The van der Waals surface area contributed by atoms with Crippen molar-refractivity contribution in [2.24, 2.45) is 0 Å². The average molecular weight is 418 g/mol. The first-order valence-electron chi connectivity index (χ1n) is 10.4. The molecule has 0 N–H and O–H groups in total. The minimum atomic E-state index is -1.67. The second kappa shape index (κ2) is 8.63. The maximum atomic E-state index is 4.60. The first-order chi connectivity index (χ1) is 15.4. The van der Waals surface area contributed by atoms with E-state index in [-0.39, 0.29) is 0 Å². The van der Waals surface area contributed by atoms with E-state index in [1.54, 1.807) is 0 Å². The Labute approximate surface area is 185 Å². The van der Waals surface area contributed by atoms with E-state index in [1.165, 1.54) is 19.6 Å². The molecule has 1 nitrogen and oxygen atoms in total. The molecule has 5 rings (SSSR count). The Morgan fingerprint density at radius 1 is 0.419 bits per heavy atom. The number of hydrogen-bond donors (Lipinski definition) is 0. The molecule has 1 aromatic heterocycles. The van der Waals surface area contributed by atoms with Crippen molar-refractivity contribution in [1.29, 1.82) is 0 Å². The molecule has 0 aliphatic carbocycles. The van der Waals surface area contributed by atoms with Gasteiger partial charge < -0.3 is 0 Å². The third-order valence-corrected chi connectivity index (χ3v) is 9.34. The summed E-state index contributed by atoms with van der Waals surface area (Å²) in [5.41, 5.74) is 2.13. The third-order valence-electron chi connectivity index (χ3n) is 5.44. The molecule has 31 heavy (non-hydrogen) atoms. The Kier molecular flexibility index (Phi) is 5.39. The molecule has 2 heteroatoms. The molecule has 0 bridgehead atoms. The Morgan fingerprint density at radius 2 is 0.903 bits per heavy atom. The number of pyridine rings is 1. The Bertz CT molecular complexity index is 1160. The summed E-state index contributed by atoms with van der Waals surface area (Å²) in [7, 11) is -1.67. The van der Waals surface area contributed by atoms with Crippen LogP contribution < -0.4 is 0 Å². The van der Waals surface area contributed by atoms with Crippen molar-refractivity contribution in [2.45, 2.75) is 19.6 Å². The van der Waals surface area contributed by atoms with Crippen molar-refractivity contribution in [3.8, 4) is 11.3 Å². The lowest BCUT2D eigenvalue weighted by molar-refractivity contribution is 1.24. The van der Waals surface area contributed by atoms with Crippen LogP contribution in [0.1, 0.15) is 0 Å². The van der Waals surface area contributed by atoms with Crippen molar-refractivity contribution in [1.82, 2.24) is 4.98 Å². The normalized spacial score (nSPS) is 11.7. The second-order valence-electron chi connectivity index (χ2n) is 7.29. The van der Waals surface area contributed by atoms with Gasteiger partial charge in [0.15, 0.2) is 0 Å². The van der Waals surface area contributed by atoms with Crippen molar-refractivity contribution in [3.05, 3.63) is 140 Å². The van der Waals surface area contributed by atoms with Crippen LogP contribution in [0, 0.1) is 0 Å². The van der Waals surface area contributed by atoms with Crippen molar-refractivity contribution in [3.63, 3.8) is 0 Å². The third kappa shape index (κ3) is 3.56. The summed E-state index contributed by atoms with van der Waals surface area (Å²) in [6.45, 7) is 0. The van der Waals surface area contributed by atoms with Gasteiger partial charge in [0.2, 0.25) is 0 Å². The highest BCUT2D eigenvalue weighted by Crippen LogP contribution is 2.73. The van der Waals surface area contributed by atoms with Gasteiger partial charge in [0, 0.05) is 31.3 Å². The Morgan fingerprint density at radius 3 is 1.39 bits per heavy atom. The highest BCUT2D eigenvalue weighted by molar-refractivity contribution is 8.34. The van der Waals surface area contributed by atoms with Crippen LogP contribution >= 0.6 is 10.0 Å². The summed E-state index contributed by atoms with van der Waals surface area (Å²) in [5, 5.41) is 0. The van der Waals surface area contributed by atoms with E-state index >= 15 is 0 Å². The molecule has 0 saturated carbocycles. The number of benzene rings is 4. The van der Waals surface area contributed by atoms with E-state index in [1.807, 2.05) is 18.3 Å². The monoisotopic (exact) mass is 417 g/mol. The highest BCUT2D eigenvalue weighted by Gasteiger charge is 2.33. The first kappa shape index (κ1) is 19.3. The van der Waals surface area contributed by atoms with Gasteiger partial charge in [0.05, 0.1) is 5.69 Å². The van der Waals surface area contributed by atoms with E-state index in [0.717, 1.165) is 11.3 Å². The number of hydrogen-bond acceptors (Lipinski definition) is 1. The Balaban J connectivity index is 1.85. The van der Waals surface area contributed by atoms with Crippen LogP contribution in [0.4, 0.5) is 0 Å². The second-order valence-corrected chi connectivity index (χ2v) is 10.4. The molecule has 150 valence electrons. The number of nitrogens with zero attached hydrogens (tertiary/aromatic N) is 1. The lowest BCUT2D eigenvalue weighted by atomic mass is 10.1. The molecular weight excluding hydrogens is 394 g/mol. The van der Waals surface area contributed by atoms with Crippen LogP contribution in [0.15, 0.2) is 159 Å². The fourth-order valence-corrected chi connectivity index (χ4v) is 7.99. The fraction of sp³-hybridized carbons (Fsp3) is 0. The molecule has 4 aromatic carbocycles. The molecule has 0 aliphatic rings. The minimum Gasteiger partial charge on any atom is -0.256 e. The van der Waals surface area contributed by atoms with Gasteiger partial charge in [-0.1, -0.05) is 72.8 Å². The smallest absolute Gasteiger partial charge is 0.0702 e. The van der Waals surface area contributed by atoms with E-state index in [0.29, 0.717) is 0 Å². The lowest BCUT2D eigenvalue weighted by Crippen LogP contribution is -2.05. The zero-order chi connectivity index (χ0) is 20.9. The summed E-state index contributed by atoms with van der Waals surface area (Å²) in [6.07, 6.45) is 1.85. The van der Waals surface area contributed by atoms with Gasteiger partial charge in [-0.15, -0.1) is 10.0 Å². The SMILES string of the molecule is c1ccc(S(c2ccccc2)(c2ccccc2)c2cccc(-c3ccccn3)c2)cc1. The predicted octanol–water partition coefficient (Wildman–Crippen LogP) is 8.09. The molecular formula is C29H23NS. The van der Waals surface area contributed by atoms with Crippen LogP contribution in [-0.4, -0.2) is 4.98 Å². The number of rotatable bonds is 5. The molecule has 0 atom stereocenters. The zero-order valence-electron chi connectivity index (χ0n) is 17.1. The topological polar surface area (TPSA) is 12.9 Å². The molecule has 5 aromatic rings. The largest absolute Gasteiger partial charge is 0.256 e. The summed E-state index contributed by atoms with van der Waals surface area (Å²) in [6, 6.07) is 47.7. The molecule has 1 heterocycles. The number of aromatic nitrogens is 1. The van der Waals surface area contributed by atoms with Crippen LogP contribution in [-0.2, 0) is 0 Å². The van der Waals surface area contributed by atoms with Gasteiger partial charge in [-0.25, -0.2) is 0 Å². The summed E-state index contributed by atoms with van der Waals surface area (Å²) in [5.74, 6) is 0. The van der Waals surface area contributed by atoms with E-state index < -0.39 is 10.0 Å². The maximum absolute atomic E-state index is 4.60. The molecule has 0 aliphatic heterocycles. The summed E-state index contributed by atoms with van der Waals surface area (Å²) in [4.78, 5) is 9.88.